The number of carbonyl (C=O) groups excluding carboxylic acids is 1. The number of anilines is 2. The highest BCUT2D eigenvalue weighted by molar-refractivity contribution is 6.03. The summed E-state index contributed by atoms with van der Waals surface area (Å²) >= 11 is 0. The largest absolute Gasteiger partial charge is 0.497 e. The van der Waals surface area contributed by atoms with Crippen LogP contribution in [-0.2, 0) is 6.54 Å². The zero-order valence-electron chi connectivity index (χ0n) is 15.6. The minimum Gasteiger partial charge on any atom is -0.497 e. The van der Waals surface area contributed by atoms with Crippen molar-refractivity contribution in [1.29, 1.82) is 5.26 Å². The Morgan fingerprint density at radius 2 is 1.93 bits per heavy atom. The Balaban J connectivity index is 1.71. The fourth-order valence-corrected chi connectivity index (χ4v) is 2.55. The number of amides is 1. The lowest BCUT2D eigenvalue weighted by molar-refractivity contribution is 0.102. The van der Waals surface area contributed by atoms with Crippen molar-refractivity contribution < 1.29 is 9.53 Å². The minimum atomic E-state index is -0.368. The van der Waals surface area contributed by atoms with E-state index in [1.807, 2.05) is 30.3 Å². The Morgan fingerprint density at radius 3 is 2.64 bits per heavy atom. The van der Waals surface area contributed by atoms with Crippen LogP contribution in [-0.4, -0.2) is 23.0 Å². The van der Waals surface area contributed by atoms with E-state index in [2.05, 4.69) is 20.6 Å². The first-order valence-electron chi connectivity index (χ1n) is 8.61. The summed E-state index contributed by atoms with van der Waals surface area (Å²) in [6.45, 7) is 2.31. The summed E-state index contributed by atoms with van der Waals surface area (Å²) in [5, 5.41) is 14.9. The molecule has 28 heavy (non-hydrogen) atoms. The summed E-state index contributed by atoms with van der Waals surface area (Å²) < 4.78 is 5.15. The Labute approximate surface area is 163 Å². The Morgan fingerprint density at radius 1 is 1.14 bits per heavy atom. The molecule has 1 amide bonds. The van der Waals surface area contributed by atoms with Gasteiger partial charge in [0.2, 0.25) is 5.95 Å². The molecule has 0 aliphatic rings. The summed E-state index contributed by atoms with van der Waals surface area (Å²) in [6.07, 6.45) is 0. The maximum Gasteiger partial charge on any atom is 0.274 e. The molecule has 3 aromatic rings. The first-order chi connectivity index (χ1) is 13.6. The van der Waals surface area contributed by atoms with Crippen molar-refractivity contribution in [3.8, 4) is 11.8 Å². The first-order valence-corrected chi connectivity index (χ1v) is 8.61. The van der Waals surface area contributed by atoms with Crippen LogP contribution in [0.25, 0.3) is 0 Å². The third kappa shape index (κ3) is 4.83. The number of aryl methyl sites for hydroxylation is 1. The van der Waals surface area contributed by atoms with Crippen molar-refractivity contribution in [2.75, 3.05) is 17.7 Å². The molecule has 0 fully saturated rings. The van der Waals surface area contributed by atoms with E-state index in [0.717, 1.165) is 11.3 Å². The van der Waals surface area contributed by atoms with Crippen LogP contribution in [0.15, 0.2) is 54.6 Å². The molecule has 0 atom stereocenters. The Kier molecular flexibility index (Phi) is 5.82. The van der Waals surface area contributed by atoms with E-state index in [1.165, 1.54) is 0 Å². The highest BCUT2D eigenvalue weighted by atomic mass is 16.5. The van der Waals surface area contributed by atoms with Crippen molar-refractivity contribution in [2.24, 2.45) is 0 Å². The lowest BCUT2D eigenvalue weighted by Crippen LogP contribution is -2.16. The molecule has 1 heterocycles. The summed E-state index contributed by atoms with van der Waals surface area (Å²) in [5.74, 6) is 0.787. The van der Waals surface area contributed by atoms with Crippen molar-refractivity contribution in [1.82, 2.24) is 9.97 Å². The lowest BCUT2D eigenvalue weighted by atomic mass is 10.2. The van der Waals surface area contributed by atoms with E-state index >= 15 is 0 Å². The number of carbonyl (C=O) groups is 1. The van der Waals surface area contributed by atoms with Gasteiger partial charge in [-0.1, -0.05) is 18.2 Å². The first kappa shape index (κ1) is 18.9. The summed E-state index contributed by atoms with van der Waals surface area (Å²) in [6, 6.07) is 18.0. The third-order valence-electron chi connectivity index (χ3n) is 3.95. The molecule has 7 nitrogen and oxygen atoms in total. The van der Waals surface area contributed by atoms with Crippen molar-refractivity contribution in [3.63, 3.8) is 0 Å². The maximum absolute atomic E-state index is 12.5. The number of benzene rings is 2. The van der Waals surface area contributed by atoms with Gasteiger partial charge in [-0.2, -0.15) is 5.26 Å². The third-order valence-corrected chi connectivity index (χ3v) is 3.95. The molecule has 0 unspecified atom stereocenters. The number of nitrogens with zero attached hydrogens (tertiary/aromatic N) is 3. The summed E-state index contributed by atoms with van der Waals surface area (Å²) in [5.41, 5.74) is 2.95. The predicted molar refractivity (Wildman–Crippen MR) is 106 cm³/mol. The zero-order valence-corrected chi connectivity index (χ0v) is 15.6. The standard InChI is InChI=1S/C21H19N5O2/c1-14-10-19(20(27)25-17-5-3-4-16(11-17)12-22)26-21(24-14)23-13-15-6-8-18(28-2)9-7-15/h3-11H,13H2,1-2H3,(H,25,27)(H,23,24,26). The van der Waals surface area contributed by atoms with Gasteiger partial charge in [0.15, 0.2) is 0 Å². The van der Waals surface area contributed by atoms with Gasteiger partial charge in [-0.25, -0.2) is 9.97 Å². The minimum absolute atomic E-state index is 0.243. The van der Waals surface area contributed by atoms with Gasteiger partial charge >= 0.3 is 0 Å². The van der Waals surface area contributed by atoms with E-state index in [9.17, 15) is 4.79 Å². The normalized spacial score (nSPS) is 10.0. The molecule has 0 radical (unpaired) electrons. The molecule has 0 spiro atoms. The molecule has 7 heteroatoms. The van der Waals surface area contributed by atoms with E-state index in [-0.39, 0.29) is 11.6 Å². The number of ether oxygens (including phenoxy) is 1. The number of rotatable bonds is 6. The SMILES string of the molecule is COc1ccc(CNc2nc(C)cc(C(=O)Nc3cccc(C#N)c3)n2)cc1. The molecule has 140 valence electrons. The van der Waals surface area contributed by atoms with Crippen molar-refractivity contribution >= 4 is 17.5 Å². The van der Waals surface area contributed by atoms with E-state index < -0.39 is 0 Å². The van der Waals surface area contributed by atoms with Crippen molar-refractivity contribution in [3.05, 3.63) is 77.1 Å². The van der Waals surface area contributed by atoms with Crippen LogP contribution >= 0.6 is 0 Å². The zero-order chi connectivity index (χ0) is 19.9. The maximum atomic E-state index is 12.5. The molecular formula is C21H19N5O2. The van der Waals surface area contributed by atoms with Gasteiger partial charge < -0.3 is 15.4 Å². The molecule has 0 aliphatic heterocycles. The monoisotopic (exact) mass is 373 g/mol. The Hall–Kier alpha value is -3.92. The smallest absolute Gasteiger partial charge is 0.274 e. The van der Waals surface area contributed by atoms with Gasteiger partial charge in [0.25, 0.3) is 5.91 Å². The quantitative estimate of drug-likeness (QED) is 0.686. The Bertz CT molecular complexity index is 1030. The lowest BCUT2D eigenvalue weighted by Gasteiger charge is -2.09. The molecular weight excluding hydrogens is 354 g/mol. The van der Waals surface area contributed by atoms with Gasteiger partial charge in [0.05, 0.1) is 18.7 Å². The van der Waals surface area contributed by atoms with Crippen LogP contribution in [0, 0.1) is 18.3 Å². The predicted octanol–water partition coefficient (Wildman–Crippen LogP) is 3.53. The number of aromatic nitrogens is 2. The molecule has 3 rings (SSSR count). The van der Waals surface area contributed by atoms with E-state index in [1.54, 1.807) is 44.4 Å². The fourth-order valence-electron chi connectivity index (χ4n) is 2.55. The van der Waals surface area contributed by atoms with Crippen molar-refractivity contribution in [2.45, 2.75) is 13.5 Å². The average Bonchev–Trinajstić information content (AvgIpc) is 2.72. The highest BCUT2D eigenvalue weighted by Gasteiger charge is 2.11. The second-order valence-electron chi connectivity index (χ2n) is 6.07. The number of hydrogen-bond acceptors (Lipinski definition) is 6. The van der Waals surface area contributed by atoms with Crippen LogP contribution in [0.4, 0.5) is 11.6 Å². The molecule has 0 saturated heterocycles. The van der Waals surface area contributed by atoms with E-state index in [4.69, 9.17) is 10.00 Å². The van der Waals surface area contributed by atoms with Crippen LogP contribution in [0.3, 0.4) is 0 Å². The summed E-state index contributed by atoms with van der Waals surface area (Å²) in [7, 11) is 1.62. The number of nitriles is 1. The van der Waals surface area contributed by atoms with Crippen LogP contribution in [0.1, 0.15) is 27.3 Å². The van der Waals surface area contributed by atoms with Gasteiger partial charge in [-0.15, -0.1) is 0 Å². The highest BCUT2D eigenvalue weighted by Crippen LogP contribution is 2.14. The molecule has 0 saturated carbocycles. The van der Waals surface area contributed by atoms with Crippen LogP contribution < -0.4 is 15.4 Å². The van der Waals surface area contributed by atoms with Gasteiger partial charge in [0.1, 0.15) is 11.4 Å². The molecule has 1 aromatic heterocycles. The van der Waals surface area contributed by atoms with Gasteiger partial charge in [-0.3, -0.25) is 4.79 Å². The topological polar surface area (TPSA) is 99.9 Å². The fraction of sp³-hybridized carbons (Fsp3) is 0.143. The average molecular weight is 373 g/mol. The van der Waals surface area contributed by atoms with Crippen LogP contribution in [0.5, 0.6) is 5.75 Å². The van der Waals surface area contributed by atoms with Gasteiger partial charge in [-0.05, 0) is 48.9 Å². The molecule has 0 bridgehead atoms. The second kappa shape index (κ2) is 8.64. The molecule has 0 aliphatic carbocycles. The summed E-state index contributed by atoms with van der Waals surface area (Å²) in [4.78, 5) is 21.2. The number of hydrogen-bond donors (Lipinski definition) is 2. The molecule has 2 aromatic carbocycles. The number of methoxy groups -OCH3 is 1. The molecule has 2 N–H and O–H groups in total. The second-order valence-corrected chi connectivity index (χ2v) is 6.07. The number of nitrogens with one attached hydrogen (secondary N) is 2. The van der Waals surface area contributed by atoms with E-state index in [0.29, 0.717) is 29.4 Å². The van der Waals surface area contributed by atoms with Crippen LogP contribution in [0.2, 0.25) is 0 Å². The van der Waals surface area contributed by atoms with Gasteiger partial charge in [0, 0.05) is 17.9 Å².